The average Bonchev–Trinajstić information content (AvgIpc) is 2.50. The molecule has 0 fully saturated rings. The first-order valence-corrected chi connectivity index (χ1v) is 8.48. The normalized spacial score (nSPS) is 15.0. The number of amides is 2. The Morgan fingerprint density at radius 3 is 2.21 bits per heavy atom. The number of carbonyl (C=O) groups is 2. The predicted molar refractivity (Wildman–Crippen MR) is 95.3 cm³/mol. The van der Waals surface area contributed by atoms with Crippen molar-refractivity contribution in [3.8, 4) is 0 Å². The third kappa shape index (κ3) is 6.32. The smallest absolute Gasteiger partial charge is 0.247 e. The topological polar surface area (TPSA) is 78.4 Å². The van der Waals surface area contributed by atoms with Gasteiger partial charge in [0.05, 0.1) is 5.60 Å². The number of benzene rings is 1. The summed E-state index contributed by atoms with van der Waals surface area (Å²) in [6.45, 7) is 9.52. The standard InChI is InChI=1S/C19H30N2O3/c1-13(2)11-16(22)21-17(15-9-7-6-8-10-15)18(23)20-12-19(5,24)14(3)4/h6-10,13-14,17,24H,11-12H2,1-5H3,(H,20,23)(H,21,22). The second-order valence-electron chi connectivity index (χ2n) is 7.24. The van der Waals surface area contributed by atoms with Gasteiger partial charge in [-0.05, 0) is 24.3 Å². The van der Waals surface area contributed by atoms with Crippen LogP contribution in [0.4, 0.5) is 0 Å². The average molecular weight is 334 g/mol. The first kappa shape index (κ1) is 20.2. The Kier molecular flexibility index (Phi) is 7.42. The number of hydrogen-bond acceptors (Lipinski definition) is 3. The fraction of sp³-hybridized carbons (Fsp3) is 0.579. The lowest BCUT2D eigenvalue weighted by atomic mass is 9.92. The molecule has 1 aromatic rings. The Morgan fingerprint density at radius 2 is 1.71 bits per heavy atom. The Morgan fingerprint density at radius 1 is 1.12 bits per heavy atom. The zero-order valence-electron chi connectivity index (χ0n) is 15.3. The molecule has 0 bridgehead atoms. The van der Waals surface area contributed by atoms with Crippen molar-refractivity contribution in [2.75, 3.05) is 6.54 Å². The molecule has 2 unspecified atom stereocenters. The van der Waals surface area contributed by atoms with E-state index in [1.807, 2.05) is 45.9 Å². The van der Waals surface area contributed by atoms with Crippen LogP contribution in [0.25, 0.3) is 0 Å². The van der Waals surface area contributed by atoms with Gasteiger partial charge in [0.25, 0.3) is 0 Å². The van der Waals surface area contributed by atoms with E-state index < -0.39 is 11.6 Å². The van der Waals surface area contributed by atoms with Crippen molar-refractivity contribution in [1.82, 2.24) is 10.6 Å². The molecule has 0 saturated heterocycles. The van der Waals surface area contributed by atoms with Gasteiger partial charge in [0.1, 0.15) is 6.04 Å². The minimum Gasteiger partial charge on any atom is -0.388 e. The molecule has 3 N–H and O–H groups in total. The largest absolute Gasteiger partial charge is 0.388 e. The Balaban J connectivity index is 2.85. The van der Waals surface area contributed by atoms with Gasteiger partial charge in [0, 0.05) is 13.0 Å². The molecule has 0 saturated carbocycles. The fourth-order valence-electron chi connectivity index (χ4n) is 2.11. The Bertz CT molecular complexity index is 539. The van der Waals surface area contributed by atoms with E-state index >= 15 is 0 Å². The number of carbonyl (C=O) groups excluding carboxylic acids is 2. The summed E-state index contributed by atoms with van der Waals surface area (Å²) < 4.78 is 0. The molecule has 134 valence electrons. The van der Waals surface area contributed by atoms with Gasteiger partial charge in [-0.2, -0.15) is 0 Å². The molecule has 0 aromatic heterocycles. The van der Waals surface area contributed by atoms with Crippen molar-refractivity contribution >= 4 is 11.8 Å². The molecule has 2 atom stereocenters. The van der Waals surface area contributed by atoms with Gasteiger partial charge in [-0.25, -0.2) is 0 Å². The zero-order valence-corrected chi connectivity index (χ0v) is 15.3. The molecule has 1 aromatic carbocycles. The van der Waals surface area contributed by atoms with E-state index in [0.717, 1.165) is 5.56 Å². The molecular weight excluding hydrogens is 304 g/mol. The number of nitrogens with one attached hydrogen (secondary N) is 2. The predicted octanol–water partition coefficient (Wildman–Crippen LogP) is 2.41. The lowest BCUT2D eigenvalue weighted by Gasteiger charge is -2.29. The fourth-order valence-corrected chi connectivity index (χ4v) is 2.11. The molecule has 24 heavy (non-hydrogen) atoms. The van der Waals surface area contributed by atoms with Crippen molar-refractivity contribution in [1.29, 1.82) is 0 Å². The molecule has 0 aliphatic carbocycles. The van der Waals surface area contributed by atoms with Gasteiger partial charge >= 0.3 is 0 Å². The van der Waals surface area contributed by atoms with Crippen LogP contribution in [0.2, 0.25) is 0 Å². The molecule has 1 rings (SSSR count). The second-order valence-corrected chi connectivity index (χ2v) is 7.24. The molecule has 0 heterocycles. The van der Waals surface area contributed by atoms with Crippen LogP contribution in [-0.2, 0) is 9.59 Å². The summed E-state index contributed by atoms with van der Waals surface area (Å²) in [6, 6.07) is 8.36. The maximum Gasteiger partial charge on any atom is 0.247 e. The maximum atomic E-state index is 12.6. The van der Waals surface area contributed by atoms with Crippen molar-refractivity contribution in [2.45, 2.75) is 52.7 Å². The van der Waals surface area contributed by atoms with Gasteiger partial charge in [-0.15, -0.1) is 0 Å². The Labute approximate surface area is 144 Å². The summed E-state index contributed by atoms with van der Waals surface area (Å²) in [6.07, 6.45) is 0.361. The molecule has 0 spiro atoms. The van der Waals surface area contributed by atoms with Gasteiger partial charge < -0.3 is 15.7 Å². The van der Waals surface area contributed by atoms with E-state index in [2.05, 4.69) is 10.6 Å². The van der Waals surface area contributed by atoms with E-state index in [4.69, 9.17) is 0 Å². The first-order chi connectivity index (χ1) is 11.1. The quantitative estimate of drug-likeness (QED) is 0.683. The van der Waals surface area contributed by atoms with Gasteiger partial charge in [0.2, 0.25) is 11.8 Å². The molecule has 5 nitrogen and oxygen atoms in total. The summed E-state index contributed by atoms with van der Waals surface area (Å²) >= 11 is 0. The number of rotatable bonds is 8. The lowest BCUT2D eigenvalue weighted by molar-refractivity contribution is -0.130. The summed E-state index contributed by atoms with van der Waals surface area (Å²) in [7, 11) is 0. The molecule has 0 radical (unpaired) electrons. The third-order valence-corrected chi connectivity index (χ3v) is 4.16. The minimum absolute atomic E-state index is 0.00325. The monoisotopic (exact) mass is 334 g/mol. The van der Waals surface area contributed by atoms with Crippen LogP contribution in [0.15, 0.2) is 30.3 Å². The van der Waals surface area contributed by atoms with Crippen LogP contribution in [0.5, 0.6) is 0 Å². The Hall–Kier alpha value is -1.88. The van der Waals surface area contributed by atoms with E-state index in [9.17, 15) is 14.7 Å². The molecule has 0 aliphatic rings. The van der Waals surface area contributed by atoms with Crippen LogP contribution < -0.4 is 10.6 Å². The van der Waals surface area contributed by atoms with E-state index in [0.29, 0.717) is 6.42 Å². The van der Waals surface area contributed by atoms with Crippen molar-refractivity contribution in [3.63, 3.8) is 0 Å². The molecule has 2 amide bonds. The highest BCUT2D eigenvalue weighted by atomic mass is 16.3. The second kappa shape index (κ2) is 8.83. The van der Waals surface area contributed by atoms with Crippen LogP contribution in [0.3, 0.4) is 0 Å². The van der Waals surface area contributed by atoms with Crippen molar-refractivity contribution < 1.29 is 14.7 Å². The summed E-state index contributed by atoms with van der Waals surface area (Å²) in [4.78, 5) is 24.7. The van der Waals surface area contributed by atoms with Gasteiger partial charge in [-0.1, -0.05) is 58.0 Å². The number of hydrogen-bond donors (Lipinski definition) is 3. The summed E-state index contributed by atoms with van der Waals surface area (Å²) in [5.74, 6) is -0.265. The number of aliphatic hydroxyl groups is 1. The van der Waals surface area contributed by atoms with E-state index in [-0.39, 0.29) is 30.2 Å². The first-order valence-electron chi connectivity index (χ1n) is 8.48. The summed E-state index contributed by atoms with van der Waals surface area (Å²) in [5.41, 5.74) is -0.282. The van der Waals surface area contributed by atoms with E-state index in [1.54, 1.807) is 19.1 Å². The zero-order chi connectivity index (χ0) is 18.3. The molecule has 0 aliphatic heterocycles. The third-order valence-electron chi connectivity index (χ3n) is 4.16. The van der Waals surface area contributed by atoms with Crippen LogP contribution in [0, 0.1) is 11.8 Å². The summed E-state index contributed by atoms with van der Waals surface area (Å²) in [5, 5.41) is 15.8. The van der Waals surface area contributed by atoms with Crippen LogP contribution in [-0.4, -0.2) is 29.1 Å². The molecule has 5 heteroatoms. The van der Waals surface area contributed by atoms with Crippen molar-refractivity contribution in [2.24, 2.45) is 11.8 Å². The van der Waals surface area contributed by atoms with Gasteiger partial charge in [-0.3, -0.25) is 9.59 Å². The lowest BCUT2D eigenvalue weighted by Crippen LogP contribution is -2.48. The SMILES string of the molecule is CC(C)CC(=O)NC(C(=O)NCC(C)(O)C(C)C)c1ccccc1. The van der Waals surface area contributed by atoms with Crippen LogP contribution >= 0.6 is 0 Å². The van der Waals surface area contributed by atoms with E-state index in [1.165, 1.54) is 0 Å². The highest BCUT2D eigenvalue weighted by Gasteiger charge is 2.28. The maximum absolute atomic E-state index is 12.6. The van der Waals surface area contributed by atoms with Gasteiger partial charge in [0.15, 0.2) is 0 Å². The van der Waals surface area contributed by atoms with Crippen molar-refractivity contribution in [3.05, 3.63) is 35.9 Å². The molecular formula is C19H30N2O3. The highest BCUT2D eigenvalue weighted by Crippen LogP contribution is 2.17. The van der Waals surface area contributed by atoms with Crippen LogP contribution in [0.1, 0.15) is 52.6 Å². The highest BCUT2D eigenvalue weighted by molar-refractivity contribution is 5.88. The minimum atomic E-state index is -1.00.